The lowest BCUT2D eigenvalue weighted by Crippen LogP contribution is -2.47. The van der Waals surface area contributed by atoms with E-state index >= 15 is 0 Å². The molecule has 7 nitrogen and oxygen atoms in total. The number of nitrogens with zero attached hydrogens (tertiary/aromatic N) is 5. The van der Waals surface area contributed by atoms with Crippen LogP contribution in [0.15, 0.2) is 42.9 Å². The zero-order valence-electron chi connectivity index (χ0n) is 15.6. The van der Waals surface area contributed by atoms with E-state index in [-0.39, 0.29) is 5.91 Å². The fraction of sp³-hybridized carbons (Fsp3) is 0.300. The molecule has 1 saturated heterocycles. The van der Waals surface area contributed by atoms with Crippen LogP contribution in [-0.2, 0) is 4.79 Å². The molecule has 4 heterocycles. The van der Waals surface area contributed by atoms with Crippen molar-refractivity contribution in [3.05, 3.63) is 48.7 Å². The van der Waals surface area contributed by atoms with Crippen molar-refractivity contribution >= 4 is 22.6 Å². The van der Waals surface area contributed by atoms with Gasteiger partial charge in [0.25, 0.3) is 0 Å². The summed E-state index contributed by atoms with van der Waals surface area (Å²) in [5.41, 5.74) is 1.88. The molecule has 0 bridgehead atoms. The molecule has 1 fully saturated rings. The van der Waals surface area contributed by atoms with Crippen LogP contribution in [-0.4, -0.2) is 70.4 Å². The van der Waals surface area contributed by atoms with Crippen molar-refractivity contribution in [2.45, 2.75) is 0 Å². The van der Waals surface area contributed by atoms with Crippen LogP contribution < -0.4 is 5.32 Å². The summed E-state index contributed by atoms with van der Waals surface area (Å²) in [6.45, 7) is 4.02. The summed E-state index contributed by atoms with van der Waals surface area (Å²) in [5, 5.41) is 3.68. The second-order valence-electron chi connectivity index (χ2n) is 6.98. The lowest BCUT2D eigenvalue weighted by molar-refractivity contribution is -0.117. The van der Waals surface area contributed by atoms with Gasteiger partial charge in [-0.3, -0.25) is 14.7 Å². The summed E-state index contributed by atoms with van der Waals surface area (Å²) in [5.74, 6) is -0.0542. The summed E-state index contributed by atoms with van der Waals surface area (Å²) >= 11 is 0. The predicted molar refractivity (Wildman–Crippen MR) is 105 cm³/mol. The van der Waals surface area contributed by atoms with Crippen molar-refractivity contribution in [1.82, 2.24) is 24.8 Å². The Morgan fingerprint density at radius 1 is 1.14 bits per heavy atom. The molecule has 0 spiro atoms. The van der Waals surface area contributed by atoms with Crippen molar-refractivity contribution in [3.63, 3.8) is 0 Å². The molecule has 3 aromatic rings. The van der Waals surface area contributed by atoms with Crippen molar-refractivity contribution in [2.75, 3.05) is 45.1 Å². The predicted octanol–water partition coefficient (Wildman–Crippen LogP) is 2.02. The van der Waals surface area contributed by atoms with Gasteiger partial charge in [-0.2, -0.15) is 0 Å². The van der Waals surface area contributed by atoms with Gasteiger partial charge in [0.2, 0.25) is 5.91 Å². The van der Waals surface area contributed by atoms with Crippen LogP contribution in [0.3, 0.4) is 0 Å². The van der Waals surface area contributed by atoms with Crippen LogP contribution in [0.4, 0.5) is 10.2 Å². The fourth-order valence-corrected chi connectivity index (χ4v) is 3.19. The lowest BCUT2D eigenvalue weighted by atomic mass is 10.1. The number of piperazine rings is 1. The molecule has 0 atom stereocenters. The van der Waals surface area contributed by atoms with E-state index in [4.69, 9.17) is 0 Å². The van der Waals surface area contributed by atoms with Gasteiger partial charge in [0.05, 0.1) is 24.0 Å². The third kappa shape index (κ3) is 4.29. The minimum absolute atomic E-state index is 0.0955. The monoisotopic (exact) mass is 380 g/mol. The van der Waals surface area contributed by atoms with E-state index in [9.17, 15) is 9.18 Å². The molecule has 1 amide bonds. The fourth-order valence-electron chi connectivity index (χ4n) is 3.19. The average molecular weight is 380 g/mol. The highest BCUT2D eigenvalue weighted by atomic mass is 19.1. The topological polar surface area (TPSA) is 74.2 Å². The molecule has 0 aromatic carbocycles. The summed E-state index contributed by atoms with van der Waals surface area (Å²) in [6, 6.07) is 6.78. The molecule has 1 N–H and O–H groups in total. The molecular formula is C20H21FN6O. The van der Waals surface area contributed by atoms with E-state index in [1.807, 2.05) is 6.07 Å². The number of hydrogen-bond acceptors (Lipinski definition) is 6. The van der Waals surface area contributed by atoms with E-state index in [0.29, 0.717) is 29.1 Å². The Kier molecular flexibility index (Phi) is 5.23. The number of amides is 1. The van der Waals surface area contributed by atoms with Gasteiger partial charge in [0, 0.05) is 55.6 Å². The first-order valence-electron chi connectivity index (χ1n) is 9.15. The zero-order valence-corrected chi connectivity index (χ0v) is 15.6. The number of aromatic nitrogens is 3. The highest BCUT2D eigenvalue weighted by Gasteiger charge is 2.17. The average Bonchev–Trinajstić information content (AvgIpc) is 2.69. The molecule has 0 aliphatic carbocycles. The van der Waals surface area contributed by atoms with E-state index in [2.05, 4.69) is 37.1 Å². The molecule has 0 unspecified atom stereocenters. The van der Waals surface area contributed by atoms with Crippen LogP contribution in [0.25, 0.3) is 22.2 Å². The van der Waals surface area contributed by atoms with E-state index < -0.39 is 5.82 Å². The number of anilines is 1. The minimum atomic E-state index is -0.411. The van der Waals surface area contributed by atoms with Gasteiger partial charge in [-0.1, -0.05) is 0 Å². The van der Waals surface area contributed by atoms with Crippen LogP contribution in [0, 0.1) is 5.82 Å². The number of rotatable bonds is 4. The highest BCUT2D eigenvalue weighted by Crippen LogP contribution is 2.22. The molecule has 28 heavy (non-hydrogen) atoms. The Hall–Kier alpha value is -2.97. The summed E-state index contributed by atoms with van der Waals surface area (Å²) in [6.07, 6.45) is 4.39. The standard InChI is InChI=1S/C20H21FN6O/c1-26-4-6-27(7-5-26)13-20(28)25-19-9-18-14(11-23-19)2-3-17(24-18)15-8-16(21)12-22-10-15/h2-3,8-12H,4-7,13H2,1H3,(H,23,25,28). The van der Waals surface area contributed by atoms with Gasteiger partial charge in [-0.25, -0.2) is 14.4 Å². The maximum atomic E-state index is 13.4. The molecule has 3 aromatic heterocycles. The molecule has 0 radical (unpaired) electrons. The smallest absolute Gasteiger partial charge is 0.239 e. The maximum absolute atomic E-state index is 13.4. The number of likely N-dealkylation sites (N-methyl/N-ethyl adjacent to an activating group) is 1. The molecular weight excluding hydrogens is 359 g/mol. The second kappa shape index (κ2) is 7.95. The van der Waals surface area contributed by atoms with Crippen LogP contribution >= 0.6 is 0 Å². The van der Waals surface area contributed by atoms with Gasteiger partial charge < -0.3 is 10.2 Å². The normalized spacial score (nSPS) is 15.6. The zero-order chi connectivity index (χ0) is 19.5. The second-order valence-corrected chi connectivity index (χ2v) is 6.98. The van der Waals surface area contributed by atoms with Gasteiger partial charge in [-0.15, -0.1) is 0 Å². The van der Waals surface area contributed by atoms with Crippen LogP contribution in [0.1, 0.15) is 0 Å². The van der Waals surface area contributed by atoms with Gasteiger partial charge in [-0.05, 0) is 25.2 Å². The summed E-state index contributed by atoms with van der Waals surface area (Å²) in [7, 11) is 2.08. The summed E-state index contributed by atoms with van der Waals surface area (Å²) in [4.78, 5) is 29.5. The van der Waals surface area contributed by atoms with Crippen LogP contribution in [0.5, 0.6) is 0 Å². The molecule has 144 valence electrons. The molecule has 1 aliphatic heterocycles. The Labute approximate surface area is 162 Å². The Balaban J connectivity index is 1.49. The number of halogens is 1. The molecule has 8 heteroatoms. The summed E-state index contributed by atoms with van der Waals surface area (Å²) < 4.78 is 13.4. The number of pyridine rings is 3. The SMILES string of the molecule is CN1CCN(CC(=O)Nc2cc3nc(-c4cncc(F)c4)ccc3cn2)CC1. The van der Waals surface area contributed by atoms with E-state index in [0.717, 1.165) is 37.8 Å². The number of carbonyl (C=O) groups excluding carboxylic acids is 1. The lowest BCUT2D eigenvalue weighted by Gasteiger charge is -2.31. The number of carbonyl (C=O) groups is 1. The highest BCUT2D eigenvalue weighted by molar-refractivity contribution is 5.93. The molecule has 1 aliphatic rings. The van der Waals surface area contributed by atoms with Gasteiger partial charge in [0.15, 0.2) is 0 Å². The number of nitrogens with one attached hydrogen (secondary N) is 1. The molecule has 4 rings (SSSR count). The maximum Gasteiger partial charge on any atom is 0.239 e. The van der Waals surface area contributed by atoms with E-state index in [1.54, 1.807) is 24.5 Å². The first kappa shape index (κ1) is 18.4. The van der Waals surface area contributed by atoms with E-state index in [1.165, 1.54) is 6.07 Å². The van der Waals surface area contributed by atoms with Crippen molar-refractivity contribution < 1.29 is 9.18 Å². The Morgan fingerprint density at radius 3 is 2.75 bits per heavy atom. The first-order chi connectivity index (χ1) is 13.6. The van der Waals surface area contributed by atoms with Crippen molar-refractivity contribution in [2.24, 2.45) is 0 Å². The van der Waals surface area contributed by atoms with Gasteiger partial charge >= 0.3 is 0 Å². The number of hydrogen-bond donors (Lipinski definition) is 1. The number of fused-ring (bicyclic) bond motifs is 1. The Bertz CT molecular complexity index is 1000. The van der Waals surface area contributed by atoms with Crippen molar-refractivity contribution in [1.29, 1.82) is 0 Å². The van der Waals surface area contributed by atoms with Gasteiger partial charge in [0.1, 0.15) is 11.6 Å². The van der Waals surface area contributed by atoms with Crippen LogP contribution in [0.2, 0.25) is 0 Å². The Morgan fingerprint density at radius 2 is 1.96 bits per heavy atom. The first-order valence-corrected chi connectivity index (χ1v) is 9.15. The minimum Gasteiger partial charge on any atom is -0.310 e. The molecule has 0 saturated carbocycles. The van der Waals surface area contributed by atoms with Crippen molar-refractivity contribution in [3.8, 4) is 11.3 Å². The third-order valence-electron chi connectivity index (χ3n) is 4.80. The largest absolute Gasteiger partial charge is 0.310 e. The third-order valence-corrected chi connectivity index (χ3v) is 4.80. The quantitative estimate of drug-likeness (QED) is 0.747.